The Bertz CT molecular complexity index is 951. The lowest BCUT2D eigenvalue weighted by atomic mass is 10.2. The molecule has 1 aliphatic carbocycles. The fraction of sp³-hybridized carbons (Fsp3) is 0.500. The lowest BCUT2D eigenvalue weighted by Crippen LogP contribution is -2.28. The highest BCUT2D eigenvalue weighted by Gasteiger charge is 2.37. The van der Waals surface area contributed by atoms with Gasteiger partial charge in [-0.25, -0.2) is 13.1 Å². The van der Waals surface area contributed by atoms with Crippen LogP contribution in [0.5, 0.6) is 5.75 Å². The van der Waals surface area contributed by atoms with E-state index in [2.05, 4.69) is 9.82 Å². The Hall–Kier alpha value is -2.07. The highest BCUT2D eigenvalue weighted by Crippen LogP contribution is 2.42. The predicted molar refractivity (Wildman–Crippen MR) is 96.7 cm³/mol. The molecule has 1 fully saturated rings. The number of ether oxygens (including phenoxy) is 1. The van der Waals surface area contributed by atoms with Gasteiger partial charge in [-0.3, -0.25) is 4.68 Å². The fourth-order valence-electron chi connectivity index (χ4n) is 2.93. The Morgan fingerprint density at radius 1 is 1.29 bits per heavy atom. The van der Waals surface area contributed by atoms with E-state index < -0.39 is 21.9 Å². The molecule has 28 heavy (non-hydrogen) atoms. The summed E-state index contributed by atoms with van der Waals surface area (Å²) in [5.74, 6) is 0.667. The molecule has 0 amide bonds. The molecule has 1 heterocycles. The van der Waals surface area contributed by atoms with Crippen molar-refractivity contribution >= 4 is 10.0 Å². The van der Waals surface area contributed by atoms with Crippen LogP contribution in [-0.4, -0.2) is 31.3 Å². The molecule has 1 saturated carbocycles. The Morgan fingerprint density at radius 3 is 2.57 bits per heavy atom. The van der Waals surface area contributed by atoms with Gasteiger partial charge in [0.15, 0.2) is 5.69 Å². The second kappa shape index (κ2) is 7.75. The first-order valence-corrected chi connectivity index (χ1v) is 10.5. The first-order valence-electron chi connectivity index (χ1n) is 9.00. The lowest BCUT2D eigenvalue weighted by Gasteiger charge is -2.11. The van der Waals surface area contributed by atoms with Gasteiger partial charge in [-0.05, 0) is 56.5 Å². The monoisotopic (exact) mass is 417 g/mol. The number of aryl methyl sites for hydroxylation is 1. The van der Waals surface area contributed by atoms with Crippen LogP contribution < -0.4 is 9.46 Å². The molecule has 2 aromatic rings. The van der Waals surface area contributed by atoms with Crippen LogP contribution >= 0.6 is 0 Å². The molecule has 1 aromatic carbocycles. The standard InChI is InChI=1S/C18H22F3N3O3S/c1-3-27-16-7-6-14(10-12(16)2)28(25,26)22-8-9-24-15(13-4-5-13)11-17(23-24)18(19,20)21/h6-7,10-11,13,22H,3-5,8-9H2,1-2H3. The van der Waals surface area contributed by atoms with Crippen molar-refractivity contribution in [2.24, 2.45) is 0 Å². The van der Waals surface area contributed by atoms with E-state index in [1.54, 1.807) is 13.0 Å². The number of rotatable bonds is 8. The zero-order valence-corrected chi connectivity index (χ0v) is 16.4. The van der Waals surface area contributed by atoms with Crippen LogP contribution in [0.1, 0.15) is 42.6 Å². The molecule has 0 radical (unpaired) electrons. The second-order valence-corrected chi connectivity index (χ2v) is 8.47. The number of sulfonamides is 1. The van der Waals surface area contributed by atoms with Crippen LogP contribution in [-0.2, 0) is 22.7 Å². The third kappa shape index (κ3) is 4.67. The van der Waals surface area contributed by atoms with E-state index in [0.717, 1.165) is 18.9 Å². The molecule has 0 bridgehead atoms. The summed E-state index contributed by atoms with van der Waals surface area (Å²) < 4.78 is 72.8. The molecule has 0 aliphatic heterocycles. The van der Waals surface area contributed by atoms with Crippen molar-refractivity contribution in [3.8, 4) is 5.75 Å². The maximum Gasteiger partial charge on any atom is 0.435 e. The van der Waals surface area contributed by atoms with Gasteiger partial charge in [-0.1, -0.05) is 0 Å². The molecule has 6 nitrogen and oxygen atoms in total. The molecular weight excluding hydrogens is 395 g/mol. The topological polar surface area (TPSA) is 73.2 Å². The van der Waals surface area contributed by atoms with Crippen LogP contribution in [0.4, 0.5) is 13.2 Å². The molecule has 0 saturated heterocycles. The Labute approximate surface area is 161 Å². The molecule has 10 heteroatoms. The molecule has 1 aliphatic rings. The van der Waals surface area contributed by atoms with Crippen LogP contribution in [0.2, 0.25) is 0 Å². The van der Waals surface area contributed by atoms with Gasteiger partial charge < -0.3 is 4.74 Å². The minimum Gasteiger partial charge on any atom is -0.494 e. The minimum atomic E-state index is -4.52. The van der Waals surface area contributed by atoms with Gasteiger partial charge in [0.05, 0.1) is 18.0 Å². The molecule has 3 rings (SSSR count). The molecule has 0 spiro atoms. The molecule has 0 unspecified atom stereocenters. The zero-order chi connectivity index (χ0) is 20.5. The summed E-state index contributed by atoms with van der Waals surface area (Å²) in [6.07, 6.45) is -2.88. The van der Waals surface area contributed by atoms with Gasteiger partial charge >= 0.3 is 6.18 Å². The average molecular weight is 417 g/mol. The summed E-state index contributed by atoms with van der Waals surface area (Å²) in [6, 6.07) is 5.58. The SMILES string of the molecule is CCOc1ccc(S(=O)(=O)NCCn2nc(C(F)(F)F)cc2C2CC2)cc1C. The van der Waals surface area contributed by atoms with Gasteiger partial charge in [0, 0.05) is 18.2 Å². The third-order valence-corrected chi connectivity index (χ3v) is 5.93. The smallest absolute Gasteiger partial charge is 0.435 e. The number of hydrogen-bond donors (Lipinski definition) is 1. The summed E-state index contributed by atoms with van der Waals surface area (Å²) in [7, 11) is -3.79. The van der Waals surface area contributed by atoms with E-state index in [1.807, 2.05) is 6.92 Å². The first kappa shape index (κ1) is 20.7. The fourth-order valence-corrected chi connectivity index (χ4v) is 4.04. The molecule has 154 valence electrons. The largest absolute Gasteiger partial charge is 0.494 e. The number of benzene rings is 1. The quantitative estimate of drug-likeness (QED) is 0.714. The molecule has 1 aromatic heterocycles. The Kier molecular flexibility index (Phi) is 5.72. The zero-order valence-electron chi connectivity index (χ0n) is 15.6. The van der Waals surface area contributed by atoms with Crippen molar-refractivity contribution < 1.29 is 26.3 Å². The van der Waals surface area contributed by atoms with Crippen molar-refractivity contribution in [1.29, 1.82) is 0 Å². The van der Waals surface area contributed by atoms with E-state index in [9.17, 15) is 21.6 Å². The van der Waals surface area contributed by atoms with E-state index in [1.165, 1.54) is 16.8 Å². The molecule has 1 N–H and O–H groups in total. The Morgan fingerprint density at radius 2 is 2.00 bits per heavy atom. The van der Waals surface area contributed by atoms with Gasteiger partial charge in [0.25, 0.3) is 0 Å². The van der Waals surface area contributed by atoms with Crippen LogP contribution in [0.3, 0.4) is 0 Å². The van der Waals surface area contributed by atoms with E-state index in [0.29, 0.717) is 23.6 Å². The summed E-state index contributed by atoms with van der Waals surface area (Å²) in [6.45, 7) is 4.01. The lowest BCUT2D eigenvalue weighted by molar-refractivity contribution is -0.141. The number of alkyl halides is 3. The van der Waals surface area contributed by atoms with Crippen molar-refractivity contribution in [3.05, 3.63) is 41.2 Å². The molecule has 0 atom stereocenters. The van der Waals surface area contributed by atoms with Crippen molar-refractivity contribution in [2.45, 2.75) is 50.2 Å². The number of halogens is 3. The van der Waals surface area contributed by atoms with Gasteiger partial charge in [-0.2, -0.15) is 18.3 Å². The summed E-state index contributed by atoms with van der Waals surface area (Å²) in [5.41, 5.74) is 0.241. The molecular formula is C18H22F3N3O3S. The number of nitrogens with one attached hydrogen (secondary N) is 1. The van der Waals surface area contributed by atoms with E-state index >= 15 is 0 Å². The van der Waals surface area contributed by atoms with Crippen molar-refractivity contribution in [3.63, 3.8) is 0 Å². The Balaban J connectivity index is 1.69. The number of nitrogens with zero attached hydrogens (tertiary/aromatic N) is 2. The summed E-state index contributed by atoms with van der Waals surface area (Å²) in [5, 5.41) is 3.62. The van der Waals surface area contributed by atoms with Crippen molar-refractivity contribution in [1.82, 2.24) is 14.5 Å². The minimum absolute atomic E-state index is 0.0250. The van der Waals surface area contributed by atoms with Crippen LogP contribution in [0.25, 0.3) is 0 Å². The van der Waals surface area contributed by atoms with Crippen LogP contribution in [0, 0.1) is 6.92 Å². The van der Waals surface area contributed by atoms with Crippen LogP contribution in [0.15, 0.2) is 29.2 Å². The van der Waals surface area contributed by atoms with E-state index in [4.69, 9.17) is 4.74 Å². The first-order chi connectivity index (χ1) is 13.1. The highest BCUT2D eigenvalue weighted by molar-refractivity contribution is 7.89. The maximum atomic E-state index is 12.9. The van der Waals surface area contributed by atoms with E-state index in [-0.39, 0.29) is 23.9 Å². The maximum absolute atomic E-state index is 12.9. The normalized spacial score (nSPS) is 15.0. The van der Waals surface area contributed by atoms with Gasteiger partial charge in [-0.15, -0.1) is 0 Å². The average Bonchev–Trinajstić information content (AvgIpc) is 3.35. The van der Waals surface area contributed by atoms with Gasteiger partial charge in [0.1, 0.15) is 5.75 Å². The highest BCUT2D eigenvalue weighted by atomic mass is 32.2. The number of hydrogen-bond acceptors (Lipinski definition) is 4. The summed E-state index contributed by atoms with van der Waals surface area (Å²) >= 11 is 0. The van der Waals surface area contributed by atoms with Gasteiger partial charge in [0.2, 0.25) is 10.0 Å². The predicted octanol–water partition coefficient (Wildman–Crippen LogP) is 3.46. The third-order valence-electron chi connectivity index (χ3n) is 4.47. The van der Waals surface area contributed by atoms with Crippen molar-refractivity contribution in [2.75, 3.05) is 13.2 Å². The summed E-state index contributed by atoms with van der Waals surface area (Å²) in [4.78, 5) is 0.0762. The second-order valence-electron chi connectivity index (χ2n) is 6.71. The number of aromatic nitrogens is 2.